The minimum absolute atomic E-state index is 0.111. The van der Waals surface area contributed by atoms with E-state index in [0.717, 1.165) is 16.8 Å². The summed E-state index contributed by atoms with van der Waals surface area (Å²) >= 11 is 12.5. The summed E-state index contributed by atoms with van der Waals surface area (Å²) in [4.78, 5) is 45.1. The second-order valence-corrected chi connectivity index (χ2v) is 12.1. The molecule has 3 aliphatic heterocycles. The molecule has 3 aromatic rings. The zero-order chi connectivity index (χ0) is 27.0. The van der Waals surface area contributed by atoms with Gasteiger partial charge in [0, 0.05) is 32.4 Å². The first-order valence-corrected chi connectivity index (χ1v) is 13.3. The maximum Gasteiger partial charge on any atom is 0.238 e. The number of amides is 1. The molecule has 3 aliphatic rings. The highest BCUT2D eigenvalue weighted by molar-refractivity contribution is 6.31. The van der Waals surface area contributed by atoms with E-state index in [0.29, 0.717) is 21.3 Å². The number of ketones is 2. The number of nitrogens with one attached hydrogen (secondary N) is 1. The van der Waals surface area contributed by atoms with Crippen LogP contribution in [0.1, 0.15) is 42.3 Å². The molecule has 1 spiro atoms. The predicted octanol–water partition coefficient (Wildman–Crippen LogP) is 6.58. The molecule has 38 heavy (non-hydrogen) atoms. The molecule has 5 nitrogen and oxygen atoms in total. The van der Waals surface area contributed by atoms with Crippen molar-refractivity contribution in [3.05, 3.63) is 99.5 Å². The Kier molecular flexibility index (Phi) is 5.60. The van der Waals surface area contributed by atoms with Crippen molar-refractivity contribution in [3.63, 3.8) is 0 Å². The summed E-state index contributed by atoms with van der Waals surface area (Å²) in [7, 11) is 0. The van der Waals surface area contributed by atoms with E-state index in [1.54, 1.807) is 30.3 Å². The lowest BCUT2D eigenvalue weighted by molar-refractivity contribution is -0.128. The number of hydrogen-bond donors (Lipinski definition) is 1. The van der Waals surface area contributed by atoms with Gasteiger partial charge in [-0.1, -0.05) is 74.3 Å². The van der Waals surface area contributed by atoms with E-state index in [2.05, 4.69) is 5.32 Å². The largest absolute Gasteiger partial charge is 0.352 e. The Balaban J connectivity index is 1.68. The average Bonchev–Trinajstić information content (AvgIpc) is 3.35. The number of Topliss-reactive ketones (excluding diaryl/α,β-unsaturated/α-hetero) is 2. The third kappa shape index (κ3) is 3.41. The van der Waals surface area contributed by atoms with Gasteiger partial charge in [0.15, 0.2) is 11.6 Å². The molecule has 192 valence electrons. The van der Waals surface area contributed by atoms with E-state index < -0.39 is 28.8 Å². The molecule has 4 atom stereocenters. The first-order chi connectivity index (χ1) is 18.0. The van der Waals surface area contributed by atoms with E-state index in [1.807, 2.05) is 74.2 Å². The summed E-state index contributed by atoms with van der Waals surface area (Å²) in [6, 6.07) is 18.1. The molecule has 1 N–H and O–H groups in total. The van der Waals surface area contributed by atoms with Crippen molar-refractivity contribution in [2.75, 3.05) is 10.2 Å². The maximum absolute atomic E-state index is 14.6. The molecule has 1 saturated heterocycles. The van der Waals surface area contributed by atoms with Crippen molar-refractivity contribution in [1.82, 2.24) is 0 Å². The number of para-hydroxylation sites is 1. The molecule has 0 radical (unpaired) electrons. The normalized spacial score (nSPS) is 25.1. The molecule has 0 aliphatic carbocycles. The summed E-state index contributed by atoms with van der Waals surface area (Å²) in [6.07, 6.45) is 3.88. The quantitative estimate of drug-likeness (QED) is 0.378. The first kappa shape index (κ1) is 24.9. The summed E-state index contributed by atoms with van der Waals surface area (Å²) in [5.41, 5.74) is 1.29. The molecule has 3 aromatic carbocycles. The van der Waals surface area contributed by atoms with Gasteiger partial charge in [0.2, 0.25) is 5.91 Å². The van der Waals surface area contributed by atoms with Gasteiger partial charge in [0.25, 0.3) is 0 Å². The minimum Gasteiger partial charge on any atom is -0.352 e. The van der Waals surface area contributed by atoms with Crippen molar-refractivity contribution in [2.45, 2.75) is 38.3 Å². The number of halogens is 2. The second kappa shape index (κ2) is 8.55. The Hall–Kier alpha value is -3.41. The van der Waals surface area contributed by atoms with Gasteiger partial charge in [-0.2, -0.15) is 0 Å². The highest BCUT2D eigenvalue weighted by atomic mass is 35.5. The average molecular weight is 545 g/mol. The topological polar surface area (TPSA) is 66.5 Å². The molecular weight excluding hydrogens is 519 g/mol. The molecule has 1 amide bonds. The van der Waals surface area contributed by atoms with Crippen molar-refractivity contribution >= 4 is 58.1 Å². The van der Waals surface area contributed by atoms with Crippen LogP contribution < -0.4 is 10.2 Å². The van der Waals surface area contributed by atoms with Crippen LogP contribution in [0.5, 0.6) is 0 Å². The fraction of sp³-hybridized carbons (Fsp3) is 0.258. The number of benzene rings is 3. The van der Waals surface area contributed by atoms with Crippen molar-refractivity contribution in [2.24, 2.45) is 11.3 Å². The van der Waals surface area contributed by atoms with Crippen LogP contribution in [0, 0.1) is 11.3 Å². The molecule has 3 heterocycles. The standard InChI is InChI=1S/C31H26Cl2N2O3/c1-30(2,3)28(37)26-25(27(36)17-8-11-19(32)12-9-17)31(21-6-4-5-7-22(21)34-29(31)38)24-15-10-18-16-20(33)13-14-23(18)35(24)26/h4-16,24-26H,1-3H3,(H,34,38)/t24-,25+,26-,31-/m1/s1. The molecule has 0 aromatic heterocycles. The Labute approximate surface area is 231 Å². The van der Waals surface area contributed by atoms with Crippen LogP contribution in [-0.2, 0) is 15.0 Å². The van der Waals surface area contributed by atoms with Crippen LogP contribution in [0.15, 0.2) is 72.8 Å². The van der Waals surface area contributed by atoms with Crippen LogP contribution >= 0.6 is 23.2 Å². The van der Waals surface area contributed by atoms with Gasteiger partial charge in [-0.15, -0.1) is 0 Å². The molecule has 0 unspecified atom stereocenters. The Bertz CT molecular complexity index is 1540. The van der Waals surface area contributed by atoms with E-state index in [4.69, 9.17) is 23.2 Å². The van der Waals surface area contributed by atoms with Gasteiger partial charge in [-0.05, 0) is 59.7 Å². The fourth-order valence-electron chi connectivity index (χ4n) is 6.39. The van der Waals surface area contributed by atoms with E-state index in [-0.39, 0.29) is 17.5 Å². The summed E-state index contributed by atoms with van der Waals surface area (Å²) < 4.78 is 0. The number of carbonyl (C=O) groups is 3. The molecule has 0 saturated carbocycles. The van der Waals surface area contributed by atoms with Crippen LogP contribution in [-0.4, -0.2) is 29.6 Å². The zero-order valence-electron chi connectivity index (χ0n) is 21.2. The molecule has 6 rings (SSSR count). The van der Waals surface area contributed by atoms with Gasteiger partial charge >= 0.3 is 0 Å². The predicted molar refractivity (Wildman–Crippen MR) is 151 cm³/mol. The van der Waals surface area contributed by atoms with Gasteiger partial charge in [-0.25, -0.2) is 0 Å². The lowest BCUT2D eigenvalue weighted by Crippen LogP contribution is -2.51. The number of carbonyl (C=O) groups excluding carboxylic acids is 3. The number of nitrogens with zero attached hydrogens (tertiary/aromatic N) is 1. The Morgan fingerprint density at radius 1 is 0.947 bits per heavy atom. The van der Waals surface area contributed by atoms with Gasteiger partial charge < -0.3 is 10.2 Å². The number of rotatable bonds is 3. The third-order valence-corrected chi connectivity index (χ3v) is 8.50. The van der Waals surface area contributed by atoms with E-state index >= 15 is 0 Å². The van der Waals surface area contributed by atoms with Crippen molar-refractivity contribution < 1.29 is 14.4 Å². The Morgan fingerprint density at radius 2 is 1.63 bits per heavy atom. The molecular formula is C31H26Cl2N2O3. The number of anilines is 2. The number of fused-ring (bicyclic) bond motifs is 6. The smallest absolute Gasteiger partial charge is 0.238 e. The van der Waals surface area contributed by atoms with Gasteiger partial charge in [0.05, 0.1) is 12.0 Å². The summed E-state index contributed by atoms with van der Waals surface area (Å²) in [6.45, 7) is 5.55. The lowest BCUT2D eigenvalue weighted by Gasteiger charge is -2.38. The van der Waals surface area contributed by atoms with Gasteiger partial charge in [0.1, 0.15) is 11.5 Å². The zero-order valence-corrected chi connectivity index (χ0v) is 22.7. The monoisotopic (exact) mass is 544 g/mol. The molecule has 0 bridgehead atoms. The maximum atomic E-state index is 14.6. The summed E-state index contributed by atoms with van der Waals surface area (Å²) in [5, 5.41) is 4.10. The molecule has 1 fully saturated rings. The van der Waals surface area contributed by atoms with Crippen LogP contribution in [0.2, 0.25) is 10.0 Å². The second-order valence-electron chi connectivity index (χ2n) is 11.2. The molecule has 7 heteroatoms. The van der Waals surface area contributed by atoms with Crippen LogP contribution in [0.3, 0.4) is 0 Å². The minimum atomic E-state index is -1.33. The van der Waals surface area contributed by atoms with Crippen LogP contribution in [0.25, 0.3) is 6.08 Å². The fourth-order valence-corrected chi connectivity index (χ4v) is 6.69. The number of hydrogen-bond acceptors (Lipinski definition) is 4. The Morgan fingerprint density at radius 3 is 2.34 bits per heavy atom. The van der Waals surface area contributed by atoms with Crippen molar-refractivity contribution in [1.29, 1.82) is 0 Å². The highest BCUT2D eigenvalue weighted by Crippen LogP contribution is 2.58. The van der Waals surface area contributed by atoms with Crippen LogP contribution in [0.4, 0.5) is 11.4 Å². The van der Waals surface area contributed by atoms with E-state index in [9.17, 15) is 14.4 Å². The first-order valence-electron chi connectivity index (χ1n) is 12.6. The lowest BCUT2D eigenvalue weighted by atomic mass is 9.63. The summed E-state index contributed by atoms with van der Waals surface area (Å²) in [5.74, 6) is -1.66. The highest BCUT2D eigenvalue weighted by Gasteiger charge is 2.70. The SMILES string of the molecule is CC(C)(C)C(=O)[C@H]1[C@@H](C(=O)c2ccc(Cl)cc2)[C@]2(C(=O)Nc3ccccc32)[C@H]2C=Cc3cc(Cl)ccc3N12. The van der Waals surface area contributed by atoms with E-state index in [1.165, 1.54) is 0 Å². The van der Waals surface area contributed by atoms with Gasteiger partial charge in [-0.3, -0.25) is 14.4 Å². The van der Waals surface area contributed by atoms with Crippen molar-refractivity contribution in [3.8, 4) is 0 Å². The third-order valence-electron chi connectivity index (χ3n) is 8.01.